The van der Waals surface area contributed by atoms with Gasteiger partial charge in [-0.25, -0.2) is 12.8 Å². The fraction of sp³-hybridized carbons (Fsp3) is 0.136. The van der Waals surface area contributed by atoms with Crippen LogP contribution in [0.5, 0.6) is 0 Å². The number of aromatic nitrogens is 1. The fourth-order valence-electron chi connectivity index (χ4n) is 3.26. The lowest BCUT2D eigenvalue weighted by atomic mass is 10.1. The van der Waals surface area contributed by atoms with Crippen LogP contribution in [0.2, 0.25) is 0 Å². The Balaban J connectivity index is 1.78. The molecule has 0 spiro atoms. The summed E-state index contributed by atoms with van der Waals surface area (Å²) < 4.78 is 47.1. The van der Waals surface area contributed by atoms with Gasteiger partial charge in [0.1, 0.15) is 16.5 Å². The molecule has 0 radical (unpaired) electrons. The van der Waals surface area contributed by atoms with Crippen LogP contribution in [0.15, 0.2) is 81.0 Å². The summed E-state index contributed by atoms with van der Waals surface area (Å²) in [5, 5.41) is 0.774. The number of rotatable bonds is 6. The Bertz CT molecular complexity index is 1360. The minimum Gasteiger partial charge on any atom is -0.468 e. The molecule has 30 heavy (non-hydrogen) atoms. The van der Waals surface area contributed by atoms with Gasteiger partial charge in [-0.3, -0.25) is 4.79 Å². The third-order valence-electron chi connectivity index (χ3n) is 4.79. The Morgan fingerprint density at radius 1 is 1.03 bits per heavy atom. The van der Waals surface area contributed by atoms with Crippen LogP contribution < -0.4 is 5.56 Å². The van der Waals surface area contributed by atoms with Crippen molar-refractivity contribution in [3.8, 4) is 0 Å². The van der Waals surface area contributed by atoms with E-state index in [1.165, 1.54) is 24.5 Å². The van der Waals surface area contributed by atoms with E-state index in [-0.39, 0.29) is 18.7 Å². The van der Waals surface area contributed by atoms with Gasteiger partial charge in [0.2, 0.25) is 10.0 Å². The highest BCUT2D eigenvalue weighted by molar-refractivity contribution is 7.89. The summed E-state index contributed by atoms with van der Waals surface area (Å²) in [6.45, 7) is 1.53. The van der Waals surface area contributed by atoms with E-state index < -0.39 is 26.3 Å². The monoisotopic (exact) mass is 426 g/mol. The lowest BCUT2D eigenvalue weighted by molar-refractivity contribution is 0.356. The first kappa shape index (κ1) is 20.1. The maximum Gasteiger partial charge on any atom is 0.252 e. The van der Waals surface area contributed by atoms with E-state index in [1.54, 1.807) is 18.2 Å². The third kappa shape index (κ3) is 3.92. The Morgan fingerprint density at radius 2 is 1.83 bits per heavy atom. The predicted molar refractivity (Wildman–Crippen MR) is 111 cm³/mol. The highest BCUT2D eigenvalue weighted by Gasteiger charge is 2.29. The minimum atomic E-state index is -4.24. The molecule has 0 bridgehead atoms. The Labute approximate surface area is 172 Å². The first-order valence-corrected chi connectivity index (χ1v) is 10.7. The van der Waals surface area contributed by atoms with Gasteiger partial charge in [-0.2, -0.15) is 4.31 Å². The molecule has 1 N–H and O–H groups in total. The number of fused-ring (bicyclic) bond motifs is 1. The summed E-state index contributed by atoms with van der Waals surface area (Å²) >= 11 is 0. The number of aryl methyl sites for hydroxylation is 1. The molecule has 0 atom stereocenters. The van der Waals surface area contributed by atoms with Gasteiger partial charge in [-0.1, -0.05) is 24.3 Å². The lowest BCUT2D eigenvalue weighted by Gasteiger charge is -2.21. The maximum absolute atomic E-state index is 14.3. The molecule has 0 saturated carbocycles. The van der Waals surface area contributed by atoms with E-state index in [2.05, 4.69) is 4.98 Å². The van der Waals surface area contributed by atoms with Gasteiger partial charge in [0, 0.05) is 17.6 Å². The SMILES string of the molecule is Cc1ccc2cc(CN(Cc3ccco3)S(=O)(=O)c3ccccc3F)c(=O)[nH]c2c1. The third-order valence-corrected chi connectivity index (χ3v) is 6.62. The number of H-pyrrole nitrogens is 1. The van der Waals surface area contributed by atoms with Crippen molar-refractivity contribution in [3.05, 3.63) is 100.0 Å². The second-order valence-corrected chi connectivity index (χ2v) is 8.90. The van der Waals surface area contributed by atoms with E-state index in [0.717, 1.165) is 21.3 Å². The normalized spacial score (nSPS) is 12.0. The molecular formula is C22H19FN2O4S. The second kappa shape index (κ2) is 7.89. The molecule has 2 aromatic carbocycles. The van der Waals surface area contributed by atoms with Gasteiger partial charge < -0.3 is 9.40 Å². The van der Waals surface area contributed by atoms with E-state index in [1.807, 2.05) is 25.1 Å². The van der Waals surface area contributed by atoms with Crippen LogP contribution in [0, 0.1) is 12.7 Å². The van der Waals surface area contributed by atoms with Crippen molar-refractivity contribution < 1.29 is 17.2 Å². The number of nitrogens with zero attached hydrogens (tertiary/aromatic N) is 1. The zero-order valence-electron chi connectivity index (χ0n) is 16.1. The van der Waals surface area contributed by atoms with Gasteiger partial charge in [-0.05, 0) is 54.3 Å². The van der Waals surface area contributed by atoms with Gasteiger partial charge >= 0.3 is 0 Å². The molecule has 0 amide bonds. The second-order valence-electron chi connectivity index (χ2n) is 7.00. The molecule has 0 unspecified atom stereocenters. The van der Waals surface area contributed by atoms with Gasteiger partial charge in [0.05, 0.1) is 12.8 Å². The summed E-state index contributed by atoms with van der Waals surface area (Å²) in [7, 11) is -4.24. The summed E-state index contributed by atoms with van der Waals surface area (Å²) in [6.07, 6.45) is 1.42. The van der Waals surface area contributed by atoms with Crippen molar-refractivity contribution in [2.24, 2.45) is 0 Å². The standard InChI is InChI=1S/C22H19FN2O4S/c1-15-8-9-16-12-17(22(26)24-20(16)11-15)13-25(14-18-5-4-10-29-18)30(27,28)21-7-3-2-6-19(21)23/h2-12H,13-14H2,1H3,(H,24,26). The average Bonchev–Trinajstić information content (AvgIpc) is 3.21. The zero-order valence-corrected chi connectivity index (χ0v) is 16.9. The molecular weight excluding hydrogens is 407 g/mol. The molecule has 6 nitrogen and oxygen atoms in total. The molecule has 2 heterocycles. The van der Waals surface area contributed by atoms with E-state index in [9.17, 15) is 17.6 Å². The van der Waals surface area contributed by atoms with E-state index in [4.69, 9.17) is 4.42 Å². The van der Waals surface area contributed by atoms with Crippen molar-refractivity contribution in [1.29, 1.82) is 0 Å². The largest absolute Gasteiger partial charge is 0.468 e. The van der Waals surface area contributed by atoms with Crippen molar-refractivity contribution in [2.45, 2.75) is 24.9 Å². The van der Waals surface area contributed by atoms with Crippen LogP contribution in [0.1, 0.15) is 16.9 Å². The van der Waals surface area contributed by atoms with Crippen molar-refractivity contribution in [2.75, 3.05) is 0 Å². The first-order valence-electron chi connectivity index (χ1n) is 9.24. The minimum absolute atomic E-state index is 0.144. The molecule has 0 aliphatic rings. The van der Waals surface area contributed by atoms with Crippen LogP contribution in [0.25, 0.3) is 10.9 Å². The number of hydrogen-bond donors (Lipinski definition) is 1. The number of hydrogen-bond acceptors (Lipinski definition) is 4. The number of nitrogens with one attached hydrogen (secondary N) is 1. The molecule has 4 rings (SSSR count). The average molecular weight is 426 g/mol. The van der Waals surface area contributed by atoms with Crippen LogP contribution >= 0.6 is 0 Å². The van der Waals surface area contributed by atoms with Gasteiger partial charge in [0.15, 0.2) is 0 Å². The quantitative estimate of drug-likeness (QED) is 0.506. The molecule has 0 aliphatic carbocycles. The topological polar surface area (TPSA) is 83.4 Å². The first-order chi connectivity index (χ1) is 14.3. The summed E-state index contributed by atoms with van der Waals surface area (Å²) in [5.74, 6) is -0.479. The Hall–Kier alpha value is -3.23. The number of halogens is 1. The molecule has 154 valence electrons. The Morgan fingerprint density at radius 3 is 2.57 bits per heavy atom. The van der Waals surface area contributed by atoms with E-state index in [0.29, 0.717) is 11.3 Å². The van der Waals surface area contributed by atoms with Crippen LogP contribution in [0.3, 0.4) is 0 Å². The molecule has 4 aromatic rings. The van der Waals surface area contributed by atoms with Crippen LogP contribution in [-0.4, -0.2) is 17.7 Å². The van der Waals surface area contributed by atoms with E-state index >= 15 is 0 Å². The lowest BCUT2D eigenvalue weighted by Crippen LogP contribution is -2.33. The number of pyridine rings is 1. The molecule has 0 saturated heterocycles. The van der Waals surface area contributed by atoms with Gasteiger partial charge in [0.25, 0.3) is 5.56 Å². The van der Waals surface area contributed by atoms with Crippen LogP contribution in [-0.2, 0) is 23.1 Å². The summed E-state index contributed by atoms with van der Waals surface area (Å²) in [6, 6.07) is 15.7. The summed E-state index contributed by atoms with van der Waals surface area (Å²) in [5.41, 5.74) is 1.50. The molecule has 0 aliphatic heterocycles. The number of benzene rings is 2. The molecule has 0 fully saturated rings. The van der Waals surface area contributed by atoms with Gasteiger partial charge in [-0.15, -0.1) is 0 Å². The van der Waals surface area contributed by atoms with Crippen molar-refractivity contribution in [3.63, 3.8) is 0 Å². The van der Waals surface area contributed by atoms with Crippen molar-refractivity contribution in [1.82, 2.24) is 9.29 Å². The highest BCUT2D eigenvalue weighted by atomic mass is 32.2. The zero-order chi connectivity index (χ0) is 21.3. The summed E-state index contributed by atoms with van der Waals surface area (Å²) in [4.78, 5) is 15.0. The Kier molecular flexibility index (Phi) is 5.27. The molecule has 2 aromatic heterocycles. The molecule has 8 heteroatoms. The van der Waals surface area contributed by atoms with Crippen LogP contribution in [0.4, 0.5) is 4.39 Å². The smallest absolute Gasteiger partial charge is 0.252 e. The number of sulfonamides is 1. The maximum atomic E-state index is 14.3. The number of aromatic amines is 1. The predicted octanol–water partition coefficient (Wildman–Crippen LogP) is 3.96. The fourth-order valence-corrected chi connectivity index (χ4v) is 4.71. The number of furan rings is 1. The highest BCUT2D eigenvalue weighted by Crippen LogP contribution is 2.23. The van der Waals surface area contributed by atoms with Crippen molar-refractivity contribution >= 4 is 20.9 Å².